The number of carbonyl (C=O) groups is 1. The van der Waals surface area contributed by atoms with Crippen LogP contribution in [-0.4, -0.2) is 60.1 Å². The van der Waals surface area contributed by atoms with E-state index in [2.05, 4.69) is 10.2 Å². The SMILES string of the molecule is N#C/C(=C/N1CCN(CCO)CC1)C(=O)Nc1ccc(Cl)cc1. The van der Waals surface area contributed by atoms with Crippen LogP contribution in [-0.2, 0) is 4.79 Å². The Morgan fingerprint density at radius 2 is 1.96 bits per heavy atom. The summed E-state index contributed by atoms with van der Waals surface area (Å²) >= 11 is 5.80. The van der Waals surface area contributed by atoms with Gasteiger partial charge in [-0.15, -0.1) is 0 Å². The molecule has 1 fully saturated rings. The average molecular weight is 335 g/mol. The summed E-state index contributed by atoms with van der Waals surface area (Å²) in [4.78, 5) is 16.3. The Hall–Kier alpha value is -2.07. The van der Waals surface area contributed by atoms with Crippen molar-refractivity contribution in [1.82, 2.24) is 9.80 Å². The molecule has 7 heteroatoms. The van der Waals surface area contributed by atoms with Gasteiger partial charge in [0.2, 0.25) is 0 Å². The first-order valence-electron chi connectivity index (χ1n) is 7.38. The van der Waals surface area contributed by atoms with E-state index in [0.717, 1.165) is 26.2 Å². The lowest BCUT2D eigenvalue weighted by Crippen LogP contribution is -2.45. The average Bonchev–Trinajstić information content (AvgIpc) is 2.56. The number of halogens is 1. The number of nitrogens with one attached hydrogen (secondary N) is 1. The van der Waals surface area contributed by atoms with Crippen LogP contribution in [0.3, 0.4) is 0 Å². The summed E-state index contributed by atoms with van der Waals surface area (Å²) in [7, 11) is 0. The molecular weight excluding hydrogens is 316 g/mol. The van der Waals surface area contributed by atoms with Gasteiger partial charge in [-0.2, -0.15) is 5.26 Å². The smallest absolute Gasteiger partial charge is 0.267 e. The molecule has 1 aromatic rings. The van der Waals surface area contributed by atoms with Gasteiger partial charge in [-0.25, -0.2) is 0 Å². The summed E-state index contributed by atoms with van der Waals surface area (Å²) in [5.41, 5.74) is 0.656. The van der Waals surface area contributed by atoms with E-state index in [1.165, 1.54) is 0 Å². The molecule has 1 saturated heterocycles. The third-order valence-corrected chi connectivity index (χ3v) is 3.85. The first-order valence-corrected chi connectivity index (χ1v) is 7.76. The molecule has 122 valence electrons. The van der Waals surface area contributed by atoms with Crippen LogP contribution in [0.5, 0.6) is 0 Å². The van der Waals surface area contributed by atoms with Crippen LogP contribution in [0, 0.1) is 11.3 Å². The standard InChI is InChI=1S/C16H19ClN4O2/c17-14-1-3-15(4-2-14)19-16(23)13(11-18)12-21-7-5-20(6-8-21)9-10-22/h1-4,12,22H,5-10H2,(H,19,23)/b13-12-. The topological polar surface area (TPSA) is 79.6 Å². The second-order valence-electron chi connectivity index (χ2n) is 5.22. The summed E-state index contributed by atoms with van der Waals surface area (Å²) in [5.74, 6) is -0.437. The number of rotatable bonds is 5. The molecule has 2 N–H and O–H groups in total. The monoisotopic (exact) mass is 334 g/mol. The van der Waals surface area contributed by atoms with Crippen LogP contribution in [0.2, 0.25) is 5.02 Å². The van der Waals surface area contributed by atoms with Gasteiger partial charge in [0.05, 0.1) is 6.61 Å². The highest BCUT2D eigenvalue weighted by atomic mass is 35.5. The molecule has 23 heavy (non-hydrogen) atoms. The number of amides is 1. The number of hydrogen-bond donors (Lipinski definition) is 2. The lowest BCUT2D eigenvalue weighted by Gasteiger charge is -2.33. The van der Waals surface area contributed by atoms with E-state index in [1.54, 1.807) is 30.5 Å². The minimum Gasteiger partial charge on any atom is -0.395 e. The Balaban J connectivity index is 1.95. The number of benzene rings is 1. The first-order chi connectivity index (χ1) is 11.1. The predicted molar refractivity (Wildman–Crippen MR) is 88.9 cm³/mol. The number of nitriles is 1. The molecule has 2 rings (SSSR count). The third kappa shape index (κ3) is 5.25. The lowest BCUT2D eigenvalue weighted by molar-refractivity contribution is -0.112. The Labute approximate surface area is 140 Å². The van der Waals surface area contributed by atoms with Crippen molar-refractivity contribution in [3.8, 4) is 6.07 Å². The zero-order chi connectivity index (χ0) is 16.7. The van der Waals surface area contributed by atoms with E-state index in [9.17, 15) is 10.1 Å². The summed E-state index contributed by atoms with van der Waals surface area (Å²) in [6, 6.07) is 8.66. The van der Waals surface area contributed by atoms with Crippen molar-refractivity contribution in [2.45, 2.75) is 0 Å². The third-order valence-electron chi connectivity index (χ3n) is 3.60. The molecule has 6 nitrogen and oxygen atoms in total. The zero-order valence-corrected chi connectivity index (χ0v) is 13.5. The van der Waals surface area contributed by atoms with E-state index in [-0.39, 0.29) is 12.2 Å². The van der Waals surface area contributed by atoms with Crippen LogP contribution in [0.4, 0.5) is 5.69 Å². The van der Waals surface area contributed by atoms with E-state index in [0.29, 0.717) is 17.3 Å². The van der Waals surface area contributed by atoms with Gasteiger partial charge in [-0.1, -0.05) is 11.6 Å². The largest absolute Gasteiger partial charge is 0.395 e. The maximum absolute atomic E-state index is 12.2. The number of anilines is 1. The van der Waals surface area contributed by atoms with Gasteiger partial charge in [0.25, 0.3) is 5.91 Å². The summed E-state index contributed by atoms with van der Waals surface area (Å²) < 4.78 is 0. The molecule has 1 aliphatic rings. The number of nitrogens with zero attached hydrogens (tertiary/aromatic N) is 3. The minimum atomic E-state index is -0.437. The van der Waals surface area contributed by atoms with Gasteiger partial charge in [-0.05, 0) is 24.3 Å². The van der Waals surface area contributed by atoms with E-state index in [1.807, 2.05) is 11.0 Å². The molecule has 0 radical (unpaired) electrons. The number of aliphatic hydroxyl groups excluding tert-OH is 1. The fourth-order valence-electron chi connectivity index (χ4n) is 2.31. The lowest BCUT2D eigenvalue weighted by atomic mass is 10.2. The number of piperazine rings is 1. The highest BCUT2D eigenvalue weighted by Crippen LogP contribution is 2.14. The molecular formula is C16H19ClN4O2. The molecule has 0 bridgehead atoms. The molecule has 0 unspecified atom stereocenters. The Morgan fingerprint density at radius 1 is 1.30 bits per heavy atom. The van der Waals surface area contributed by atoms with Crippen molar-refractivity contribution in [3.05, 3.63) is 41.1 Å². The van der Waals surface area contributed by atoms with Crippen LogP contribution >= 0.6 is 11.6 Å². The van der Waals surface area contributed by atoms with Crippen molar-refractivity contribution < 1.29 is 9.90 Å². The minimum absolute atomic E-state index is 0.0653. The highest BCUT2D eigenvalue weighted by molar-refractivity contribution is 6.30. The molecule has 0 aliphatic carbocycles. The molecule has 0 atom stereocenters. The van der Waals surface area contributed by atoms with E-state index < -0.39 is 5.91 Å². The molecule has 1 heterocycles. The van der Waals surface area contributed by atoms with E-state index >= 15 is 0 Å². The van der Waals surface area contributed by atoms with Crippen molar-refractivity contribution in [2.24, 2.45) is 0 Å². The second kappa shape index (κ2) is 8.53. The summed E-state index contributed by atoms with van der Waals surface area (Å²) in [5, 5.41) is 21.4. The number of β-amino-alcohol motifs (C(OH)–C–C–N with tert-alkyl or cyclic N) is 1. The maximum Gasteiger partial charge on any atom is 0.267 e. The molecule has 1 amide bonds. The number of carbonyl (C=O) groups excluding carboxylic acids is 1. The van der Waals surface area contributed by atoms with Gasteiger partial charge in [0.15, 0.2) is 0 Å². The number of aliphatic hydroxyl groups is 1. The fourth-order valence-corrected chi connectivity index (χ4v) is 2.44. The van der Waals surface area contributed by atoms with Gasteiger partial charge >= 0.3 is 0 Å². The summed E-state index contributed by atoms with van der Waals surface area (Å²) in [6.45, 7) is 3.84. The van der Waals surface area contributed by atoms with Gasteiger partial charge in [0, 0.05) is 49.6 Å². The Kier molecular flexibility index (Phi) is 6.41. The Morgan fingerprint density at radius 3 is 2.52 bits per heavy atom. The molecule has 1 aliphatic heterocycles. The highest BCUT2D eigenvalue weighted by Gasteiger charge is 2.17. The van der Waals surface area contributed by atoms with Gasteiger partial charge < -0.3 is 15.3 Å². The number of hydrogen-bond acceptors (Lipinski definition) is 5. The quantitative estimate of drug-likeness (QED) is 0.626. The zero-order valence-electron chi connectivity index (χ0n) is 12.7. The molecule has 0 spiro atoms. The predicted octanol–water partition coefficient (Wildman–Crippen LogP) is 1.30. The molecule has 1 aromatic carbocycles. The maximum atomic E-state index is 12.2. The summed E-state index contributed by atoms with van der Waals surface area (Å²) in [6.07, 6.45) is 1.60. The van der Waals surface area contributed by atoms with Crippen LogP contribution < -0.4 is 5.32 Å². The first kappa shape index (κ1) is 17.3. The van der Waals surface area contributed by atoms with Crippen LogP contribution in [0.15, 0.2) is 36.0 Å². The van der Waals surface area contributed by atoms with Crippen molar-refractivity contribution in [1.29, 1.82) is 5.26 Å². The fraction of sp³-hybridized carbons (Fsp3) is 0.375. The van der Waals surface area contributed by atoms with Crippen molar-refractivity contribution >= 4 is 23.2 Å². The Bertz CT molecular complexity index is 602. The van der Waals surface area contributed by atoms with Gasteiger partial charge in [-0.3, -0.25) is 9.69 Å². The molecule has 0 aromatic heterocycles. The van der Waals surface area contributed by atoms with E-state index in [4.69, 9.17) is 16.7 Å². The van der Waals surface area contributed by atoms with Crippen molar-refractivity contribution in [3.63, 3.8) is 0 Å². The normalized spacial score (nSPS) is 16.0. The van der Waals surface area contributed by atoms with Crippen LogP contribution in [0.25, 0.3) is 0 Å². The van der Waals surface area contributed by atoms with Crippen molar-refractivity contribution in [2.75, 3.05) is 44.6 Å². The second-order valence-corrected chi connectivity index (χ2v) is 5.65. The van der Waals surface area contributed by atoms with Gasteiger partial charge in [0.1, 0.15) is 11.6 Å². The van der Waals surface area contributed by atoms with Crippen LogP contribution in [0.1, 0.15) is 0 Å². The molecule has 0 saturated carbocycles.